The van der Waals surface area contributed by atoms with Crippen molar-refractivity contribution in [2.45, 2.75) is 325 Å². The molecule has 24 nitrogen and oxygen atoms in total. The van der Waals surface area contributed by atoms with E-state index in [0.717, 1.165) is 80.4 Å². The van der Waals surface area contributed by atoms with E-state index in [9.17, 15) is 43.4 Å². The minimum atomic E-state index is -4.23. The molecule has 1 atom stereocenters. The van der Waals surface area contributed by atoms with Crippen molar-refractivity contribution in [1.29, 1.82) is 0 Å². The fourth-order valence-corrected chi connectivity index (χ4v) is 10.0. The fraction of sp³-hybridized carbons (Fsp3) is 0.625. The molecule has 0 bridgehead atoms. The highest BCUT2D eigenvalue weighted by molar-refractivity contribution is 8.01. The molecule has 684 valence electrons. The number of aromatic nitrogens is 20. The summed E-state index contributed by atoms with van der Waals surface area (Å²) in [7, 11) is -5.12. The zero-order chi connectivity index (χ0) is 98.8. The number of sulfone groups is 1. The van der Waals surface area contributed by atoms with Crippen molar-refractivity contribution in [1.82, 2.24) is 99.5 Å². The first kappa shape index (κ1) is 100. The first-order valence-corrected chi connectivity index (χ1v) is 45.6. The van der Waals surface area contributed by atoms with Crippen LogP contribution in [0.25, 0.3) is 0 Å². The number of pyridine rings is 1. The predicted molar refractivity (Wildman–Crippen MR) is 479 cm³/mol. The van der Waals surface area contributed by atoms with E-state index in [4.69, 9.17) is 8.22 Å². The van der Waals surface area contributed by atoms with Crippen LogP contribution in [0.3, 0.4) is 0 Å². The van der Waals surface area contributed by atoms with E-state index in [0.29, 0.717) is 69.7 Å². The molecule has 34 heteroatoms. The zero-order valence-corrected chi connectivity index (χ0v) is 79.9. The molecule has 0 amide bonds. The molecule has 1 aromatic carbocycles. The van der Waals surface area contributed by atoms with E-state index in [1.807, 2.05) is 152 Å². The van der Waals surface area contributed by atoms with E-state index < -0.39 is 61.9 Å². The number of halogens is 7. The topological polar surface area (TPSA) is 285 Å². The largest absolute Gasteiger partial charge is 0.413 e. The number of benzene rings is 1. The lowest BCUT2D eigenvalue weighted by molar-refractivity contribution is -0.183. The molecule has 0 spiro atoms. The third-order valence-electron chi connectivity index (χ3n) is 17.7. The second-order valence-electron chi connectivity index (χ2n) is 34.6. The summed E-state index contributed by atoms with van der Waals surface area (Å²) in [6, 6.07) is 15.6. The molecule has 2 aliphatic carbocycles. The van der Waals surface area contributed by atoms with Crippen LogP contribution in [0.4, 0.5) is 30.7 Å². The van der Waals surface area contributed by atoms with Crippen LogP contribution in [0.5, 0.6) is 0 Å². The normalized spacial score (nSPS) is 14.3. The first-order chi connectivity index (χ1) is 58.5. The van der Waals surface area contributed by atoms with Gasteiger partial charge in [0.25, 0.3) is 0 Å². The highest BCUT2D eigenvalue weighted by Gasteiger charge is 2.66. The molecule has 2 aliphatic rings. The number of alkyl halides is 6. The number of H-pyrrole nitrogens is 1. The summed E-state index contributed by atoms with van der Waals surface area (Å²) in [5.41, 5.74) is 5.62. The van der Waals surface area contributed by atoms with Gasteiger partial charge < -0.3 is 4.52 Å². The standard InChI is InChI=1S/C10H14O2S.C10H18OS.C9H12F3N3.C9H13FN2.C9H17N3.C8H11N.C7H12N2.C6H11N3.C6H9NS.C5H9N3.C5H8N2O.C4H7F3/c1-8(2)9-4-6-10(7-5-9)13(3,11)12;1-9(2)7-8-10(3,4)12(5,6)11;1-6(2)7-5-15(14-13-7)8(3-4-8)9(10,11)12;1-6(2)8-5-12(7-3-4-7)11-9(8)10;1-7(2)8-6-10-12(11-8)9(3,4)5;1-7(2)8-5-3-4-6-9-8;1-6(2)7-4-8-9(3)5-7;1-5(2)6-4-7-9(3)8-6;1-5(2)6-3-4-7-8-6;1-4(2)5-3-6-8-7-5;1-4(2)5-6-3-8-7-5;1-3(2)4(5,6)7/h4-8H,1-3H3;9H,5H2,1-4,6H3;5-6H,3-4H2,1-2H3;5-7H,3-4H2,1-2H3;6-7H,1-5H3;3-7H,1-2H3;4-6H,1-3H3;4-5H,1-3H3;3-5H,1-2H3;3-4H,1-2H3,(H,6,7,8);3-4H,1-2H3;3H,1-2H3/i;;;;;;2*3D3;;;;. The number of hydrogen-bond acceptors (Lipinski definition) is 19. The van der Waals surface area contributed by atoms with Crippen molar-refractivity contribution in [2.75, 3.05) is 12.5 Å². The fourth-order valence-electron chi connectivity index (χ4n) is 8.53. The molecule has 0 radical (unpaired) electrons. The Bertz CT molecular complexity index is 4770. The molecular formula is C88H141F7N20O4S3. The van der Waals surface area contributed by atoms with Crippen LogP contribution in [0.15, 0.2) is 120 Å². The lowest BCUT2D eigenvalue weighted by Crippen LogP contribution is -2.35. The number of nitrogens with zero attached hydrogens (tertiary/aromatic N) is 19. The van der Waals surface area contributed by atoms with E-state index in [-0.39, 0.29) is 42.1 Å². The van der Waals surface area contributed by atoms with Crippen LogP contribution >= 0.6 is 11.5 Å². The second-order valence-corrected chi connectivity index (χ2v) is 40.5. The van der Waals surface area contributed by atoms with Crippen LogP contribution in [0.1, 0.15) is 356 Å². The molecule has 12 rings (SSSR count). The SMILES string of the molecule is C=S(C)(=O)C(C)(C)C#CC(C)C.CC(C)C(F)(F)F.CC(C)c1ccc(S(C)(=O)=O)cc1.CC(C)c1ccccn1.CC(C)c1ccns1.CC(C)c1cn(C2(C(F)(F)F)CC2)nn1.CC(C)c1cn(C2CC2)nc1F.CC(C)c1cn[nH]n1.CC(C)c1cnn(C(C)(C)C)n1.CC(C)c1ncon1.[2H]C([2H])([2H])n1cc(C(C)C)cn1.[2H]C([2H])([2H])n1ncc(C(C)C)n1. The average molecular weight is 1780 g/mol. The summed E-state index contributed by atoms with van der Waals surface area (Å²) in [5.74, 6) is 13.1. The van der Waals surface area contributed by atoms with Crippen molar-refractivity contribution < 1.29 is 56.1 Å². The van der Waals surface area contributed by atoms with E-state index in [2.05, 4.69) is 194 Å². The van der Waals surface area contributed by atoms with Crippen LogP contribution < -0.4 is 0 Å². The van der Waals surface area contributed by atoms with Gasteiger partial charge in [0.1, 0.15) is 0 Å². The van der Waals surface area contributed by atoms with Gasteiger partial charge in [-0.15, -0.1) is 10.2 Å². The van der Waals surface area contributed by atoms with Gasteiger partial charge in [0.05, 0.1) is 68.8 Å². The average Bonchev–Trinajstić information content (AvgIpc) is 1.57. The molecule has 2 saturated carbocycles. The van der Waals surface area contributed by atoms with Gasteiger partial charge >= 0.3 is 12.4 Å². The lowest BCUT2D eigenvalue weighted by atomic mass is 10.0. The molecule has 9 aromatic heterocycles. The number of rotatable bonds is 14. The number of aryl methyl sites for hydroxylation is 2. The predicted octanol–water partition coefficient (Wildman–Crippen LogP) is 22.4. The maximum absolute atomic E-state index is 13.1. The van der Waals surface area contributed by atoms with Crippen LogP contribution in [0.2, 0.25) is 0 Å². The van der Waals surface area contributed by atoms with Crippen molar-refractivity contribution in [2.24, 2.45) is 25.8 Å². The van der Waals surface area contributed by atoms with Crippen molar-refractivity contribution in [3.8, 4) is 11.8 Å². The van der Waals surface area contributed by atoms with E-state index in [1.165, 1.54) is 29.9 Å². The Hall–Kier alpha value is -8.84. The molecular weight excluding hydrogens is 1630 g/mol. The van der Waals surface area contributed by atoms with E-state index >= 15 is 0 Å². The van der Waals surface area contributed by atoms with Gasteiger partial charge in [0.15, 0.2) is 21.2 Å². The number of nitrogens with one attached hydrogen (secondary N) is 1. The maximum Gasteiger partial charge on any atom is 0.413 e. The zero-order valence-electron chi connectivity index (χ0n) is 83.4. The molecule has 2 fully saturated rings. The third kappa shape index (κ3) is 42.5. The molecule has 10 aromatic rings. The van der Waals surface area contributed by atoms with Crippen molar-refractivity contribution >= 4 is 36.8 Å². The highest BCUT2D eigenvalue weighted by Crippen LogP contribution is 2.55. The monoisotopic (exact) mass is 1780 g/mol. The van der Waals surface area contributed by atoms with Gasteiger partial charge in [-0.3, -0.25) is 18.6 Å². The minimum absolute atomic E-state index is 0.00681. The van der Waals surface area contributed by atoms with Crippen LogP contribution in [-0.2, 0) is 44.4 Å². The van der Waals surface area contributed by atoms with Crippen LogP contribution in [0, 0.1) is 29.6 Å². The number of hydrogen-bond donors (Lipinski definition) is 1. The third-order valence-corrected chi connectivity index (χ3v) is 22.2. The van der Waals surface area contributed by atoms with Gasteiger partial charge in [-0.05, 0) is 182 Å². The molecule has 0 aliphatic heterocycles. The number of aromatic amines is 1. The van der Waals surface area contributed by atoms with Crippen molar-refractivity contribution in [3.05, 3.63) is 173 Å². The molecule has 1 N–H and O–H groups in total. The molecule has 1 unspecified atom stereocenters. The smallest absolute Gasteiger partial charge is 0.343 e. The Morgan fingerprint density at radius 2 is 1.16 bits per heavy atom. The molecule has 0 saturated heterocycles. The summed E-state index contributed by atoms with van der Waals surface area (Å²) < 4.78 is 173. The van der Waals surface area contributed by atoms with Gasteiger partial charge in [-0.25, -0.2) is 17.5 Å². The Labute approximate surface area is 736 Å². The molecule has 9 heterocycles. The van der Waals surface area contributed by atoms with Gasteiger partial charge in [0.2, 0.25) is 12.3 Å². The van der Waals surface area contributed by atoms with E-state index in [1.54, 1.807) is 58.0 Å². The first-order valence-electron chi connectivity index (χ1n) is 43.8. The Balaban J connectivity index is 0.000000702. The Morgan fingerprint density at radius 3 is 1.44 bits per heavy atom. The Morgan fingerprint density at radius 1 is 0.598 bits per heavy atom. The van der Waals surface area contributed by atoms with Crippen molar-refractivity contribution in [3.63, 3.8) is 0 Å². The quantitative estimate of drug-likeness (QED) is 0.0601. The molecule has 122 heavy (non-hydrogen) atoms. The summed E-state index contributed by atoms with van der Waals surface area (Å²) in [5, 5.41) is 44.7. The highest BCUT2D eigenvalue weighted by atomic mass is 32.2. The van der Waals surface area contributed by atoms with Gasteiger partial charge in [0, 0.05) is 99.6 Å². The minimum Gasteiger partial charge on any atom is -0.343 e. The summed E-state index contributed by atoms with van der Waals surface area (Å²) in [4.78, 5) is 12.3. The maximum atomic E-state index is 13.1. The summed E-state index contributed by atoms with van der Waals surface area (Å²) in [6.07, 6.45) is 13.7. The Kier molecular flexibility index (Phi) is 42.3. The lowest BCUT2D eigenvalue weighted by Gasteiger charge is -2.19. The van der Waals surface area contributed by atoms with Gasteiger partial charge in [-0.2, -0.15) is 86.2 Å². The summed E-state index contributed by atoms with van der Waals surface area (Å²) >= 11 is 1.58. The second kappa shape index (κ2) is 51.4. The summed E-state index contributed by atoms with van der Waals surface area (Å²) in [6.45, 7) is 52.7. The van der Waals surface area contributed by atoms with Crippen LogP contribution in [-0.4, -0.2) is 148 Å². The van der Waals surface area contributed by atoms with Gasteiger partial charge in [-0.1, -0.05) is 207 Å².